The molecule has 0 bridgehead atoms. The molecule has 1 nitrogen and oxygen atoms in total. The predicted molar refractivity (Wildman–Crippen MR) is 214 cm³/mol. The third kappa shape index (κ3) is 3.48. The minimum absolute atomic E-state index is 0.436. The van der Waals surface area contributed by atoms with Crippen LogP contribution in [0.4, 0.5) is 0 Å². The Balaban J connectivity index is 1.13. The summed E-state index contributed by atoms with van der Waals surface area (Å²) < 4.78 is 6.48. The van der Waals surface area contributed by atoms with Crippen molar-refractivity contribution >= 4 is 21.5 Å². The topological polar surface area (TPSA) is 9.23 Å². The second kappa shape index (κ2) is 10.2. The van der Waals surface area contributed by atoms with Gasteiger partial charge < -0.3 is 4.74 Å². The molecule has 0 radical (unpaired) electrons. The Morgan fingerprint density at radius 2 is 0.923 bits per heavy atom. The molecule has 2 aliphatic carbocycles. The van der Waals surface area contributed by atoms with E-state index < -0.39 is 5.41 Å². The molecule has 0 aromatic heterocycles. The van der Waals surface area contributed by atoms with E-state index in [1.54, 1.807) is 0 Å². The van der Waals surface area contributed by atoms with Gasteiger partial charge in [-0.2, -0.15) is 0 Å². The number of benzene rings is 9. The summed E-state index contributed by atoms with van der Waals surface area (Å²) in [6.45, 7) is 0. The van der Waals surface area contributed by atoms with Gasteiger partial charge in [0, 0.05) is 10.9 Å². The molecule has 0 amide bonds. The summed E-state index contributed by atoms with van der Waals surface area (Å²) in [5, 5.41) is 4.96. The zero-order valence-corrected chi connectivity index (χ0v) is 28.2. The lowest BCUT2D eigenvalue weighted by atomic mass is 9.69. The average molecular weight is 659 g/mol. The van der Waals surface area contributed by atoms with Crippen LogP contribution in [0.15, 0.2) is 182 Å². The molecule has 1 atom stereocenters. The molecule has 3 aliphatic rings. The van der Waals surface area contributed by atoms with E-state index in [0.717, 1.165) is 17.1 Å². The van der Waals surface area contributed by atoms with Crippen LogP contribution in [-0.2, 0) is 5.41 Å². The molecule has 1 heterocycles. The zero-order valence-electron chi connectivity index (χ0n) is 28.2. The molecule has 0 N–H and O–H groups in total. The van der Waals surface area contributed by atoms with E-state index in [1.165, 1.54) is 93.9 Å². The van der Waals surface area contributed by atoms with Crippen LogP contribution < -0.4 is 4.74 Å². The van der Waals surface area contributed by atoms with E-state index in [2.05, 4.69) is 176 Å². The molecule has 9 aromatic rings. The maximum absolute atomic E-state index is 6.48. The largest absolute Gasteiger partial charge is 0.456 e. The number of hydrogen-bond donors (Lipinski definition) is 0. The maximum atomic E-state index is 6.48. The summed E-state index contributed by atoms with van der Waals surface area (Å²) in [5.74, 6) is 1.82. The Hall–Kier alpha value is -6.70. The van der Waals surface area contributed by atoms with Crippen LogP contribution in [0.5, 0.6) is 11.5 Å². The average Bonchev–Trinajstić information content (AvgIpc) is 3.68. The van der Waals surface area contributed by atoms with E-state index in [1.807, 2.05) is 6.07 Å². The molecule has 1 unspecified atom stereocenters. The van der Waals surface area contributed by atoms with Gasteiger partial charge in [-0.05, 0) is 107 Å². The lowest BCUT2D eigenvalue weighted by Gasteiger charge is -2.32. The fraction of sp³-hybridized carbons (Fsp3) is 0.0196. The standard InChI is InChI=1S/C51H30O/c1-2-14-34-31(12-1)24-27-43-38-17-6-9-22-45(38)51(50(34)43)44-21-8-5-16-37(44)39-26-25-32(30-46(39)51)33-13-3-4-15-35(33)36-28-29-48-49-41(36)19-11-20-42(49)40-18-7-10-23-47(40)52-48/h1-30H. The number of hydrogen-bond acceptors (Lipinski definition) is 1. The number of para-hydroxylation sites is 1. The Labute approximate surface area is 302 Å². The smallest absolute Gasteiger partial charge is 0.135 e. The van der Waals surface area contributed by atoms with Crippen molar-refractivity contribution in [3.05, 3.63) is 204 Å². The highest BCUT2D eigenvalue weighted by Crippen LogP contribution is 2.64. The Morgan fingerprint density at radius 1 is 0.327 bits per heavy atom. The predicted octanol–water partition coefficient (Wildman–Crippen LogP) is 13.4. The Kier molecular flexibility index (Phi) is 5.49. The summed E-state index contributed by atoms with van der Waals surface area (Å²) in [7, 11) is 0. The number of fused-ring (bicyclic) bond motifs is 14. The van der Waals surface area contributed by atoms with Gasteiger partial charge in [0.05, 0.1) is 5.41 Å². The molecule has 240 valence electrons. The van der Waals surface area contributed by atoms with E-state index in [9.17, 15) is 0 Å². The van der Waals surface area contributed by atoms with Gasteiger partial charge in [0.15, 0.2) is 0 Å². The summed E-state index contributed by atoms with van der Waals surface area (Å²) in [5.41, 5.74) is 17.5. The quantitative estimate of drug-likeness (QED) is 0.180. The SMILES string of the molecule is c1ccc2c(c1)Oc1ccc(-c3ccccc3-c3ccc4c(c3)C3(c5ccccc5-4)c4ccccc4-c4ccc5ccccc5c43)c3cccc-2c13. The summed E-state index contributed by atoms with van der Waals surface area (Å²) in [4.78, 5) is 0. The first kappa shape index (κ1) is 28.0. The highest BCUT2D eigenvalue weighted by molar-refractivity contribution is 6.11. The first-order valence-electron chi connectivity index (χ1n) is 18.1. The third-order valence-electron chi connectivity index (χ3n) is 11.9. The van der Waals surface area contributed by atoms with Crippen LogP contribution in [0.25, 0.3) is 77.2 Å². The van der Waals surface area contributed by atoms with Crippen molar-refractivity contribution in [1.29, 1.82) is 0 Å². The number of ether oxygens (including phenoxy) is 1. The molecule has 52 heavy (non-hydrogen) atoms. The Bertz CT molecular complexity index is 2990. The van der Waals surface area contributed by atoms with Crippen molar-refractivity contribution in [2.24, 2.45) is 0 Å². The highest BCUT2D eigenvalue weighted by atomic mass is 16.5. The number of rotatable bonds is 2. The van der Waals surface area contributed by atoms with E-state index in [4.69, 9.17) is 4.74 Å². The van der Waals surface area contributed by atoms with E-state index in [-0.39, 0.29) is 0 Å². The maximum Gasteiger partial charge on any atom is 0.135 e. The fourth-order valence-corrected chi connectivity index (χ4v) is 9.87. The molecule has 1 heteroatoms. The monoisotopic (exact) mass is 658 g/mol. The normalized spacial score (nSPS) is 15.5. The summed E-state index contributed by atoms with van der Waals surface area (Å²) in [6, 6.07) is 67.3. The third-order valence-corrected chi connectivity index (χ3v) is 11.9. The molecule has 9 aromatic carbocycles. The van der Waals surface area contributed by atoms with Gasteiger partial charge in [0.2, 0.25) is 0 Å². The van der Waals surface area contributed by atoms with Gasteiger partial charge in [-0.1, -0.05) is 164 Å². The summed E-state index contributed by atoms with van der Waals surface area (Å²) in [6.07, 6.45) is 0. The fourth-order valence-electron chi connectivity index (χ4n) is 9.87. The van der Waals surface area contributed by atoms with Crippen LogP contribution >= 0.6 is 0 Å². The van der Waals surface area contributed by atoms with Crippen LogP contribution in [0, 0.1) is 0 Å². The van der Waals surface area contributed by atoms with Gasteiger partial charge in [-0.15, -0.1) is 0 Å². The molecule has 12 rings (SSSR count). The molecule has 1 aliphatic heterocycles. The van der Waals surface area contributed by atoms with Crippen LogP contribution in [-0.4, -0.2) is 0 Å². The van der Waals surface area contributed by atoms with Gasteiger partial charge in [0.1, 0.15) is 11.5 Å². The van der Waals surface area contributed by atoms with Gasteiger partial charge in [0.25, 0.3) is 0 Å². The lowest BCUT2D eigenvalue weighted by Crippen LogP contribution is -2.26. The molecule has 0 fully saturated rings. The van der Waals surface area contributed by atoms with E-state index in [0.29, 0.717) is 0 Å². The van der Waals surface area contributed by atoms with Gasteiger partial charge >= 0.3 is 0 Å². The molecule has 1 spiro atoms. The highest BCUT2D eigenvalue weighted by Gasteiger charge is 2.52. The van der Waals surface area contributed by atoms with Gasteiger partial charge in [-0.3, -0.25) is 0 Å². The van der Waals surface area contributed by atoms with Crippen molar-refractivity contribution in [2.75, 3.05) is 0 Å². The van der Waals surface area contributed by atoms with Crippen molar-refractivity contribution in [1.82, 2.24) is 0 Å². The summed E-state index contributed by atoms with van der Waals surface area (Å²) >= 11 is 0. The second-order valence-corrected chi connectivity index (χ2v) is 14.3. The van der Waals surface area contributed by atoms with Crippen molar-refractivity contribution in [3.63, 3.8) is 0 Å². The second-order valence-electron chi connectivity index (χ2n) is 14.3. The first-order chi connectivity index (χ1) is 25.8. The minimum atomic E-state index is -0.436. The van der Waals surface area contributed by atoms with Crippen molar-refractivity contribution in [2.45, 2.75) is 5.41 Å². The first-order valence-corrected chi connectivity index (χ1v) is 18.1. The minimum Gasteiger partial charge on any atom is -0.456 e. The van der Waals surface area contributed by atoms with Gasteiger partial charge in [-0.25, -0.2) is 0 Å². The van der Waals surface area contributed by atoms with Crippen molar-refractivity contribution in [3.8, 4) is 67.1 Å². The van der Waals surface area contributed by atoms with Crippen LogP contribution in [0.2, 0.25) is 0 Å². The van der Waals surface area contributed by atoms with E-state index >= 15 is 0 Å². The van der Waals surface area contributed by atoms with Crippen molar-refractivity contribution < 1.29 is 4.74 Å². The molecule has 0 saturated heterocycles. The molecular weight excluding hydrogens is 629 g/mol. The van der Waals surface area contributed by atoms with Crippen LogP contribution in [0.3, 0.4) is 0 Å². The van der Waals surface area contributed by atoms with Crippen LogP contribution in [0.1, 0.15) is 22.3 Å². The molecular formula is C51H30O. The zero-order chi connectivity index (χ0) is 34.0. The lowest BCUT2D eigenvalue weighted by molar-refractivity contribution is 0.487. The Morgan fingerprint density at radius 3 is 1.77 bits per heavy atom. The molecule has 0 saturated carbocycles.